The highest BCUT2D eigenvalue weighted by molar-refractivity contribution is 7.10. The maximum absolute atomic E-state index is 12.5. The summed E-state index contributed by atoms with van der Waals surface area (Å²) in [6.07, 6.45) is 2.45. The van der Waals surface area contributed by atoms with Gasteiger partial charge in [-0.25, -0.2) is 0 Å². The number of nitrogens with two attached hydrogens (primary N) is 1. The molecule has 0 bridgehead atoms. The predicted molar refractivity (Wildman–Crippen MR) is 74.6 cm³/mol. The van der Waals surface area contributed by atoms with Gasteiger partial charge < -0.3 is 10.5 Å². The van der Waals surface area contributed by atoms with E-state index in [1.807, 2.05) is 24.4 Å². The van der Waals surface area contributed by atoms with Crippen molar-refractivity contribution in [2.24, 2.45) is 5.73 Å². The van der Waals surface area contributed by atoms with E-state index in [1.165, 1.54) is 18.4 Å². The number of carbonyl (C=O) groups is 1. The Morgan fingerprint density at radius 2 is 2.42 bits per heavy atom. The van der Waals surface area contributed by atoms with Crippen LogP contribution >= 0.6 is 11.3 Å². The van der Waals surface area contributed by atoms with E-state index in [-0.39, 0.29) is 5.78 Å². The maximum Gasteiger partial charge on any atom is 0.206 e. The van der Waals surface area contributed by atoms with Crippen LogP contribution in [0.2, 0.25) is 0 Å². The van der Waals surface area contributed by atoms with Crippen molar-refractivity contribution in [2.45, 2.75) is 25.9 Å². The smallest absolute Gasteiger partial charge is 0.206 e. The standard InChI is InChI=1S/C13H17N3O2S/c1-3-6-16-12(9(18-2)8-15-16)13(17)11(14)10-5-4-7-19-10/h4-5,7-8,11H,3,6,14H2,1-2H3. The number of aromatic nitrogens is 2. The zero-order chi connectivity index (χ0) is 13.8. The minimum absolute atomic E-state index is 0.162. The molecule has 102 valence electrons. The van der Waals surface area contributed by atoms with Gasteiger partial charge in [-0.1, -0.05) is 13.0 Å². The van der Waals surface area contributed by atoms with Gasteiger partial charge in [-0.3, -0.25) is 9.48 Å². The Hall–Kier alpha value is -1.66. The normalized spacial score (nSPS) is 12.4. The molecular formula is C13H17N3O2S. The fourth-order valence-corrected chi connectivity index (χ4v) is 2.62. The molecule has 0 radical (unpaired) electrons. The highest BCUT2D eigenvalue weighted by Crippen LogP contribution is 2.26. The summed E-state index contributed by atoms with van der Waals surface area (Å²) in [5, 5.41) is 6.09. The van der Waals surface area contributed by atoms with Crippen molar-refractivity contribution in [3.8, 4) is 5.75 Å². The fourth-order valence-electron chi connectivity index (χ4n) is 1.89. The van der Waals surface area contributed by atoms with Crippen molar-refractivity contribution in [3.05, 3.63) is 34.3 Å². The molecule has 0 aliphatic rings. The number of hydrogen-bond donors (Lipinski definition) is 1. The summed E-state index contributed by atoms with van der Waals surface area (Å²) in [6, 6.07) is 3.08. The first kappa shape index (κ1) is 13.8. The van der Waals surface area contributed by atoms with Crippen LogP contribution < -0.4 is 10.5 Å². The first-order valence-electron chi connectivity index (χ1n) is 6.12. The van der Waals surface area contributed by atoms with Crippen LogP contribution in [0.5, 0.6) is 5.75 Å². The molecular weight excluding hydrogens is 262 g/mol. The molecule has 2 aromatic heterocycles. The van der Waals surface area contributed by atoms with Gasteiger partial charge in [-0.05, 0) is 17.9 Å². The Labute approximate surface area is 116 Å². The third-order valence-electron chi connectivity index (χ3n) is 2.83. The van der Waals surface area contributed by atoms with Gasteiger partial charge in [0.15, 0.2) is 5.75 Å². The minimum atomic E-state index is -0.666. The lowest BCUT2D eigenvalue weighted by Gasteiger charge is -2.11. The summed E-state index contributed by atoms with van der Waals surface area (Å²) in [5.74, 6) is 0.315. The summed E-state index contributed by atoms with van der Waals surface area (Å²) in [7, 11) is 1.53. The number of hydrogen-bond acceptors (Lipinski definition) is 5. The zero-order valence-electron chi connectivity index (χ0n) is 11.0. The van der Waals surface area contributed by atoms with Gasteiger partial charge in [0, 0.05) is 11.4 Å². The molecule has 0 saturated carbocycles. The molecule has 5 nitrogen and oxygen atoms in total. The fraction of sp³-hybridized carbons (Fsp3) is 0.385. The number of ketones is 1. The molecule has 2 aromatic rings. The lowest BCUT2D eigenvalue weighted by atomic mass is 10.1. The predicted octanol–water partition coefficient (Wildman–Crippen LogP) is 2.25. The molecule has 6 heteroatoms. The molecule has 1 atom stereocenters. The van der Waals surface area contributed by atoms with Crippen LogP contribution in [-0.2, 0) is 6.54 Å². The van der Waals surface area contributed by atoms with Crippen LogP contribution in [0.4, 0.5) is 0 Å². The average molecular weight is 279 g/mol. The largest absolute Gasteiger partial charge is 0.493 e. The van der Waals surface area contributed by atoms with Crippen molar-refractivity contribution < 1.29 is 9.53 Å². The highest BCUT2D eigenvalue weighted by Gasteiger charge is 2.26. The van der Waals surface area contributed by atoms with E-state index < -0.39 is 6.04 Å². The lowest BCUT2D eigenvalue weighted by molar-refractivity contribution is 0.0948. The molecule has 2 N–H and O–H groups in total. The van der Waals surface area contributed by atoms with Crippen LogP contribution in [0.25, 0.3) is 0 Å². The second-order valence-corrected chi connectivity index (χ2v) is 5.12. The van der Waals surface area contributed by atoms with Crippen molar-refractivity contribution in [2.75, 3.05) is 7.11 Å². The quantitative estimate of drug-likeness (QED) is 0.823. The van der Waals surface area contributed by atoms with E-state index in [2.05, 4.69) is 5.10 Å². The molecule has 1 unspecified atom stereocenters. The molecule has 0 saturated heterocycles. The lowest BCUT2D eigenvalue weighted by Crippen LogP contribution is -2.24. The number of Topliss-reactive ketones (excluding diaryl/α,β-unsaturated/α-hetero) is 1. The van der Waals surface area contributed by atoms with Gasteiger partial charge >= 0.3 is 0 Å². The third-order valence-corrected chi connectivity index (χ3v) is 3.78. The van der Waals surface area contributed by atoms with E-state index in [9.17, 15) is 4.79 Å². The highest BCUT2D eigenvalue weighted by atomic mass is 32.1. The van der Waals surface area contributed by atoms with E-state index >= 15 is 0 Å². The van der Waals surface area contributed by atoms with Crippen molar-refractivity contribution in [1.29, 1.82) is 0 Å². The van der Waals surface area contributed by atoms with Crippen LogP contribution in [-0.4, -0.2) is 22.7 Å². The molecule has 2 rings (SSSR count). The van der Waals surface area contributed by atoms with Crippen molar-refractivity contribution >= 4 is 17.1 Å². The number of rotatable bonds is 6. The summed E-state index contributed by atoms with van der Waals surface area (Å²) in [6.45, 7) is 2.70. The van der Waals surface area contributed by atoms with Crippen LogP contribution in [0.3, 0.4) is 0 Å². The van der Waals surface area contributed by atoms with E-state index in [1.54, 1.807) is 10.9 Å². The van der Waals surface area contributed by atoms with Crippen molar-refractivity contribution in [3.63, 3.8) is 0 Å². The third kappa shape index (κ3) is 2.69. The van der Waals surface area contributed by atoms with Gasteiger partial charge in [0.1, 0.15) is 11.7 Å². The number of carbonyl (C=O) groups excluding carboxylic acids is 1. The first-order valence-corrected chi connectivity index (χ1v) is 7.00. The molecule has 2 heterocycles. The summed E-state index contributed by atoms with van der Waals surface area (Å²) >= 11 is 1.47. The first-order chi connectivity index (χ1) is 9.19. The summed E-state index contributed by atoms with van der Waals surface area (Å²) in [5.41, 5.74) is 6.48. The van der Waals surface area contributed by atoms with Crippen LogP contribution in [0, 0.1) is 0 Å². The van der Waals surface area contributed by atoms with E-state index in [0.717, 1.165) is 11.3 Å². The molecule has 19 heavy (non-hydrogen) atoms. The Morgan fingerprint density at radius 3 is 3.00 bits per heavy atom. The number of aryl methyl sites for hydroxylation is 1. The second kappa shape index (κ2) is 5.99. The number of ether oxygens (including phenoxy) is 1. The molecule has 0 fully saturated rings. The monoisotopic (exact) mass is 279 g/mol. The Kier molecular flexibility index (Phi) is 4.34. The van der Waals surface area contributed by atoms with Crippen molar-refractivity contribution in [1.82, 2.24) is 9.78 Å². The number of nitrogens with zero attached hydrogens (tertiary/aromatic N) is 2. The van der Waals surface area contributed by atoms with E-state index in [0.29, 0.717) is 18.0 Å². The van der Waals surface area contributed by atoms with Crippen LogP contribution in [0.15, 0.2) is 23.7 Å². The van der Waals surface area contributed by atoms with E-state index in [4.69, 9.17) is 10.5 Å². The Morgan fingerprint density at radius 1 is 1.63 bits per heavy atom. The topological polar surface area (TPSA) is 70.1 Å². The Bertz CT molecular complexity index is 548. The molecule has 0 aliphatic heterocycles. The Balaban J connectivity index is 2.34. The van der Waals surface area contributed by atoms with Gasteiger partial charge in [-0.15, -0.1) is 11.3 Å². The van der Waals surface area contributed by atoms with Gasteiger partial charge in [0.05, 0.1) is 13.3 Å². The summed E-state index contributed by atoms with van der Waals surface area (Å²) in [4.78, 5) is 13.4. The van der Waals surface area contributed by atoms with Gasteiger partial charge in [-0.2, -0.15) is 5.10 Å². The molecule has 0 amide bonds. The maximum atomic E-state index is 12.5. The average Bonchev–Trinajstić information content (AvgIpc) is 3.06. The molecule has 0 aliphatic carbocycles. The minimum Gasteiger partial charge on any atom is -0.493 e. The summed E-state index contributed by atoms with van der Waals surface area (Å²) < 4.78 is 6.87. The van der Waals surface area contributed by atoms with Crippen LogP contribution in [0.1, 0.15) is 34.8 Å². The van der Waals surface area contributed by atoms with Gasteiger partial charge in [0.2, 0.25) is 5.78 Å². The zero-order valence-corrected chi connectivity index (χ0v) is 11.8. The molecule has 0 aromatic carbocycles. The SMILES string of the molecule is CCCn1ncc(OC)c1C(=O)C(N)c1cccs1. The second-order valence-electron chi connectivity index (χ2n) is 4.14. The van der Waals surface area contributed by atoms with Gasteiger partial charge in [0.25, 0.3) is 0 Å². The molecule has 0 spiro atoms. The number of methoxy groups -OCH3 is 1. The number of thiophene rings is 1.